The van der Waals surface area contributed by atoms with Gasteiger partial charge in [0.2, 0.25) is 0 Å². The first-order valence-electron chi connectivity index (χ1n) is 7.76. The Morgan fingerprint density at radius 2 is 2.04 bits per heavy atom. The van der Waals surface area contributed by atoms with E-state index in [9.17, 15) is 4.79 Å². The van der Waals surface area contributed by atoms with E-state index in [0.717, 1.165) is 33.3 Å². The number of H-pyrrole nitrogens is 1. The molecular weight excluding hydrogens is 450 g/mol. The van der Waals surface area contributed by atoms with Crippen molar-refractivity contribution in [3.63, 3.8) is 0 Å². The molecule has 130 valence electrons. The maximum absolute atomic E-state index is 12.6. The van der Waals surface area contributed by atoms with Gasteiger partial charge in [-0.25, -0.2) is 4.98 Å². The number of carbonyl (C=O) groups is 1. The van der Waals surface area contributed by atoms with Crippen molar-refractivity contribution in [2.24, 2.45) is 0 Å². The molecular formula is C17H17Br2N5O. The monoisotopic (exact) mass is 465 g/mol. The van der Waals surface area contributed by atoms with Gasteiger partial charge >= 0.3 is 0 Å². The van der Waals surface area contributed by atoms with Crippen molar-refractivity contribution in [2.45, 2.75) is 12.8 Å². The second-order valence-corrected chi connectivity index (χ2v) is 7.10. The number of nitrogens with zero attached hydrogens (tertiary/aromatic N) is 2. The molecule has 8 heteroatoms. The molecule has 0 bridgehead atoms. The SMILES string of the molecule is Nc1ncc(CCCNC(=O)c2cc(Br)c(Br)n2-c2ccccc2)[nH]1. The summed E-state index contributed by atoms with van der Waals surface area (Å²) < 4.78 is 3.50. The molecule has 6 nitrogen and oxygen atoms in total. The highest BCUT2D eigenvalue weighted by Crippen LogP contribution is 2.30. The summed E-state index contributed by atoms with van der Waals surface area (Å²) >= 11 is 7.01. The summed E-state index contributed by atoms with van der Waals surface area (Å²) in [5.41, 5.74) is 7.99. The van der Waals surface area contributed by atoms with Crippen LogP contribution in [0.3, 0.4) is 0 Å². The van der Waals surface area contributed by atoms with E-state index in [4.69, 9.17) is 5.73 Å². The second kappa shape index (κ2) is 7.88. The molecule has 3 rings (SSSR count). The first-order chi connectivity index (χ1) is 12.1. The lowest BCUT2D eigenvalue weighted by molar-refractivity contribution is 0.0946. The second-order valence-electron chi connectivity index (χ2n) is 5.49. The normalized spacial score (nSPS) is 10.8. The summed E-state index contributed by atoms with van der Waals surface area (Å²) in [6.07, 6.45) is 3.28. The van der Waals surface area contributed by atoms with Crippen molar-refractivity contribution in [3.05, 3.63) is 63.1 Å². The predicted octanol–water partition coefficient (Wildman–Crippen LogP) is 3.67. The van der Waals surface area contributed by atoms with Crippen molar-refractivity contribution < 1.29 is 4.79 Å². The number of nitrogens with two attached hydrogens (primary N) is 1. The summed E-state index contributed by atoms with van der Waals surface area (Å²) in [7, 11) is 0. The number of hydrogen-bond acceptors (Lipinski definition) is 3. The maximum Gasteiger partial charge on any atom is 0.268 e. The summed E-state index contributed by atoms with van der Waals surface area (Å²) in [6.45, 7) is 0.562. The summed E-state index contributed by atoms with van der Waals surface area (Å²) in [6, 6.07) is 11.5. The summed E-state index contributed by atoms with van der Waals surface area (Å²) in [4.78, 5) is 19.5. The van der Waals surface area contributed by atoms with E-state index in [-0.39, 0.29) is 5.91 Å². The zero-order valence-corrected chi connectivity index (χ0v) is 16.5. The molecule has 0 aliphatic heterocycles. The quantitative estimate of drug-likeness (QED) is 0.484. The number of halogens is 2. The third kappa shape index (κ3) is 4.13. The summed E-state index contributed by atoms with van der Waals surface area (Å²) in [5, 5.41) is 2.96. The Bertz CT molecular complexity index is 873. The minimum Gasteiger partial charge on any atom is -0.369 e. The van der Waals surface area contributed by atoms with Gasteiger partial charge in [0.25, 0.3) is 5.91 Å². The molecule has 1 aromatic carbocycles. The Morgan fingerprint density at radius 1 is 1.28 bits per heavy atom. The van der Waals surface area contributed by atoms with Crippen molar-refractivity contribution >= 4 is 43.7 Å². The van der Waals surface area contributed by atoms with E-state index in [2.05, 4.69) is 47.1 Å². The minimum absolute atomic E-state index is 0.126. The van der Waals surface area contributed by atoms with Crippen LogP contribution in [0.2, 0.25) is 0 Å². The van der Waals surface area contributed by atoms with Crippen molar-refractivity contribution in [1.82, 2.24) is 19.9 Å². The molecule has 0 aliphatic rings. The molecule has 0 aliphatic carbocycles. The van der Waals surface area contributed by atoms with Gasteiger partial charge in [-0.3, -0.25) is 9.36 Å². The molecule has 0 saturated carbocycles. The van der Waals surface area contributed by atoms with Gasteiger partial charge in [0.1, 0.15) is 10.3 Å². The van der Waals surface area contributed by atoms with Gasteiger partial charge in [0.15, 0.2) is 5.95 Å². The first-order valence-corrected chi connectivity index (χ1v) is 9.34. The molecule has 2 aromatic heterocycles. The lowest BCUT2D eigenvalue weighted by Gasteiger charge is -2.11. The average molecular weight is 467 g/mol. The highest BCUT2D eigenvalue weighted by Gasteiger charge is 2.18. The number of rotatable bonds is 6. The van der Waals surface area contributed by atoms with Crippen LogP contribution in [-0.4, -0.2) is 27.0 Å². The minimum atomic E-state index is -0.126. The summed E-state index contributed by atoms with van der Waals surface area (Å²) in [5.74, 6) is 0.286. The zero-order chi connectivity index (χ0) is 17.8. The van der Waals surface area contributed by atoms with Gasteiger partial charge in [-0.2, -0.15) is 0 Å². The molecule has 25 heavy (non-hydrogen) atoms. The van der Waals surface area contributed by atoms with Crippen LogP contribution in [0.1, 0.15) is 22.6 Å². The van der Waals surface area contributed by atoms with Crippen molar-refractivity contribution in [2.75, 3.05) is 12.3 Å². The highest BCUT2D eigenvalue weighted by molar-refractivity contribution is 9.13. The molecule has 0 saturated heterocycles. The van der Waals surface area contributed by atoms with E-state index in [1.54, 1.807) is 6.20 Å². The number of amides is 1. The van der Waals surface area contributed by atoms with Crippen LogP contribution >= 0.6 is 31.9 Å². The molecule has 0 spiro atoms. The molecule has 3 aromatic rings. The van der Waals surface area contributed by atoms with Crippen LogP contribution in [0.4, 0.5) is 5.95 Å². The number of aryl methyl sites for hydroxylation is 1. The van der Waals surface area contributed by atoms with Crippen LogP contribution in [0.5, 0.6) is 0 Å². The number of imidazole rings is 1. The molecule has 0 radical (unpaired) electrons. The van der Waals surface area contributed by atoms with Crippen LogP contribution in [0.25, 0.3) is 5.69 Å². The fourth-order valence-corrected chi connectivity index (χ4v) is 3.43. The Labute approximate surface area is 162 Å². The molecule has 0 atom stereocenters. The zero-order valence-electron chi connectivity index (χ0n) is 13.3. The van der Waals surface area contributed by atoms with Crippen molar-refractivity contribution in [3.8, 4) is 5.69 Å². The van der Waals surface area contributed by atoms with Crippen LogP contribution in [0, 0.1) is 0 Å². The number of carbonyl (C=O) groups excluding carboxylic acids is 1. The fourth-order valence-electron chi connectivity index (χ4n) is 2.53. The average Bonchev–Trinajstić information content (AvgIpc) is 3.16. The third-order valence-electron chi connectivity index (χ3n) is 3.70. The molecule has 2 heterocycles. The van der Waals surface area contributed by atoms with Crippen LogP contribution in [0.15, 0.2) is 51.7 Å². The molecule has 1 amide bonds. The van der Waals surface area contributed by atoms with Crippen LogP contribution in [-0.2, 0) is 6.42 Å². The highest BCUT2D eigenvalue weighted by atomic mass is 79.9. The van der Waals surface area contributed by atoms with Crippen molar-refractivity contribution in [1.29, 1.82) is 0 Å². The Morgan fingerprint density at radius 3 is 2.72 bits per heavy atom. The number of nitrogen functional groups attached to an aromatic ring is 1. The number of hydrogen-bond donors (Lipinski definition) is 3. The molecule has 4 N–H and O–H groups in total. The van der Waals surface area contributed by atoms with E-state index in [1.807, 2.05) is 41.0 Å². The van der Waals surface area contributed by atoms with Gasteiger partial charge in [0.05, 0.1) is 10.7 Å². The molecule has 0 fully saturated rings. The number of para-hydroxylation sites is 1. The van der Waals surface area contributed by atoms with E-state index < -0.39 is 0 Å². The number of aromatic amines is 1. The number of anilines is 1. The first kappa shape index (κ1) is 17.8. The topological polar surface area (TPSA) is 88.7 Å². The van der Waals surface area contributed by atoms with E-state index in [0.29, 0.717) is 18.2 Å². The van der Waals surface area contributed by atoms with Gasteiger partial charge < -0.3 is 16.0 Å². The fraction of sp³-hybridized carbons (Fsp3) is 0.176. The largest absolute Gasteiger partial charge is 0.369 e. The van der Waals surface area contributed by atoms with Gasteiger partial charge in [-0.15, -0.1) is 0 Å². The molecule has 0 unspecified atom stereocenters. The number of benzene rings is 1. The van der Waals surface area contributed by atoms with Crippen LogP contribution < -0.4 is 11.1 Å². The predicted molar refractivity (Wildman–Crippen MR) is 105 cm³/mol. The van der Waals surface area contributed by atoms with E-state index >= 15 is 0 Å². The number of nitrogens with one attached hydrogen (secondary N) is 2. The maximum atomic E-state index is 12.6. The lowest BCUT2D eigenvalue weighted by atomic mass is 10.2. The Balaban J connectivity index is 1.67. The Kier molecular flexibility index (Phi) is 5.60. The van der Waals surface area contributed by atoms with E-state index in [1.165, 1.54) is 0 Å². The Hall–Kier alpha value is -2.06. The lowest BCUT2D eigenvalue weighted by Crippen LogP contribution is -2.27. The van der Waals surface area contributed by atoms with Gasteiger partial charge in [-0.05, 0) is 62.9 Å². The number of aromatic nitrogens is 3. The smallest absolute Gasteiger partial charge is 0.268 e. The van der Waals surface area contributed by atoms with Gasteiger partial charge in [0, 0.05) is 17.9 Å². The standard InChI is InChI=1S/C17H17Br2N5O/c18-13-9-14(24(15(13)19)12-6-2-1-3-7-12)16(25)21-8-4-5-11-10-22-17(20)23-11/h1-3,6-7,9-10H,4-5,8H2,(H,21,25)(H3,20,22,23). The van der Waals surface area contributed by atoms with Gasteiger partial charge in [-0.1, -0.05) is 18.2 Å². The third-order valence-corrected chi connectivity index (χ3v) is 5.62.